The first-order chi connectivity index (χ1) is 12.3. The molecule has 7 heteroatoms. The number of fused-ring (bicyclic) bond motifs is 2. The van der Waals surface area contributed by atoms with Gasteiger partial charge in [-0.15, -0.1) is 5.10 Å². The first-order valence-corrected chi connectivity index (χ1v) is 8.09. The van der Waals surface area contributed by atoms with E-state index in [9.17, 15) is 4.79 Å². The van der Waals surface area contributed by atoms with E-state index in [1.165, 1.54) is 0 Å². The molecule has 25 heavy (non-hydrogen) atoms. The second-order valence-electron chi connectivity index (χ2n) is 5.64. The molecule has 0 radical (unpaired) electrons. The van der Waals surface area contributed by atoms with Crippen molar-refractivity contribution in [2.75, 3.05) is 6.54 Å². The lowest BCUT2D eigenvalue weighted by Gasteiger charge is -2.07. The Labute approximate surface area is 143 Å². The fraction of sp³-hybridized carbons (Fsp3) is 0.167. The standard InChI is InChI=1S/C18H16N6O/c25-18(13-5-3-7-15-17(13)20-11-10-19-15)21-9-4-12-24-16-8-2-1-6-14(16)22-23-24/h1-3,5-8,10-11H,4,9,12H2,(H,21,25). The number of aryl methyl sites for hydroxylation is 1. The van der Waals surface area contributed by atoms with Crippen LogP contribution in [0.1, 0.15) is 16.8 Å². The van der Waals surface area contributed by atoms with E-state index in [1.807, 2.05) is 41.1 Å². The van der Waals surface area contributed by atoms with E-state index in [1.54, 1.807) is 18.5 Å². The highest BCUT2D eigenvalue weighted by Gasteiger charge is 2.11. The molecule has 0 atom stereocenters. The Morgan fingerprint density at radius 3 is 2.80 bits per heavy atom. The van der Waals surface area contributed by atoms with Crippen LogP contribution in [0.2, 0.25) is 0 Å². The molecule has 7 nitrogen and oxygen atoms in total. The van der Waals surface area contributed by atoms with Gasteiger partial charge in [0, 0.05) is 25.5 Å². The summed E-state index contributed by atoms with van der Waals surface area (Å²) in [5, 5.41) is 11.2. The van der Waals surface area contributed by atoms with Crippen LogP contribution in [-0.4, -0.2) is 37.4 Å². The van der Waals surface area contributed by atoms with Gasteiger partial charge in [-0.3, -0.25) is 14.8 Å². The van der Waals surface area contributed by atoms with Crippen molar-refractivity contribution < 1.29 is 4.79 Å². The van der Waals surface area contributed by atoms with Crippen LogP contribution in [0.15, 0.2) is 54.9 Å². The third-order valence-electron chi connectivity index (χ3n) is 4.00. The second kappa shape index (κ2) is 6.64. The molecule has 2 heterocycles. The van der Waals surface area contributed by atoms with Crippen LogP contribution in [0.4, 0.5) is 0 Å². The topological polar surface area (TPSA) is 85.6 Å². The van der Waals surface area contributed by atoms with Crippen LogP contribution in [0, 0.1) is 0 Å². The Bertz CT molecular complexity index is 1040. The number of rotatable bonds is 5. The van der Waals surface area contributed by atoms with E-state index in [2.05, 4.69) is 25.6 Å². The number of para-hydroxylation sites is 2. The summed E-state index contributed by atoms with van der Waals surface area (Å²) in [5.74, 6) is -0.144. The van der Waals surface area contributed by atoms with E-state index in [-0.39, 0.29) is 5.91 Å². The van der Waals surface area contributed by atoms with Gasteiger partial charge in [-0.2, -0.15) is 0 Å². The first kappa shape index (κ1) is 15.2. The molecule has 0 saturated carbocycles. The van der Waals surface area contributed by atoms with Gasteiger partial charge in [0.1, 0.15) is 11.0 Å². The number of nitrogens with zero attached hydrogens (tertiary/aromatic N) is 5. The molecule has 0 aliphatic rings. The number of nitrogens with one attached hydrogen (secondary N) is 1. The quantitative estimate of drug-likeness (QED) is 0.566. The molecular formula is C18H16N6O. The van der Waals surface area contributed by atoms with Crippen LogP contribution < -0.4 is 5.32 Å². The molecule has 0 spiro atoms. The van der Waals surface area contributed by atoms with E-state index in [0.29, 0.717) is 29.7 Å². The highest BCUT2D eigenvalue weighted by molar-refractivity contribution is 6.04. The molecule has 124 valence electrons. The summed E-state index contributed by atoms with van der Waals surface area (Å²) in [5.41, 5.74) is 3.74. The van der Waals surface area contributed by atoms with Gasteiger partial charge in [0.15, 0.2) is 0 Å². The van der Waals surface area contributed by atoms with Gasteiger partial charge in [0.2, 0.25) is 0 Å². The molecule has 2 aromatic heterocycles. The Kier molecular flexibility index (Phi) is 4.04. The van der Waals surface area contributed by atoms with Crippen LogP contribution in [-0.2, 0) is 6.54 Å². The van der Waals surface area contributed by atoms with Crippen molar-refractivity contribution in [3.63, 3.8) is 0 Å². The summed E-state index contributed by atoms with van der Waals surface area (Å²) in [7, 11) is 0. The maximum absolute atomic E-state index is 12.4. The van der Waals surface area contributed by atoms with Crippen molar-refractivity contribution in [1.82, 2.24) is 30.3 Å². The summed E-state index contributed by atoms with van der Waals surface area (Å²) >= 11 is 0. The molecule has 4 aromatic rings. The highest BCUT2D eigenvalue weighted by Crippen LogP contribution is 2.13. The maximum atomic E-state index is 12.4. The lowest BCUT2D eigenvalue weighted by atomic mass is 10.1. The lowest BCUT2D eigenvalue weighted by Crippen LogP contribution is -2.25. The van der Waals surface area contributed by atoms with Gasteiger partial charge in [-0.25, -0.2) is 4.68 Å². The van der Waals surface area contributed by atoms with E-state index < -0.39 is 0 Å². The summed E-state index contributed by atoms with van der Waals surface area (Å²) in [6.45, 7) is 1.24. The van der Waals surface area contributed by atoms with Crippen LogP contribution in [0.5, 0.6) is 0 Å². The number of carbonyl (C=O) groups is 1. The van der Waals surface area contributed by atoms with Crippen molar-refractivity contribution in [3.05, 3.63) is 60.4 Å². The predicted molar refractivity (Wildman–Crippen MR) is 94.0 cm³/mol. The van der Waals surface area contributed by atoms with Gasteiger partial charge in [0.25, 0.3) is 5.91 Å². The predicted octanol–water partition coefficient (Wildman–Crippen LogP) is 2.19. The van der Waals surface area contributed by atoms with Gasteiger partial charge < -0.3 is 5.32 Å². The molecule has 1 amide bonds. The number of amides is 1. The number of carbonyl (C=O) groups excluding carboxylic acids is 1. The Morgan fingerprint density at radius 2 is 1.84 bits per heavy atom. The lowest BCUT2D eigenvalue weighted by molar-refractivity contribution is 0.0954. The zero-order chi connectivity index (χ0) is 17.1. The van der Waals surface area contributed by atoms with Crippen molar-refractivity contribution in [2.24, 2.45) is 0 Å². The summed E-state index contributed by atoms with van der Waals surface area (Å²) in [6.07, 6.45) is 3.97. The van der Waals surface area contributed by atoms with Gasteiger partial charge in [-0.05, 0) is 30.7 Å². The van der Waals surface area contributed by atoms with E-state index in [0.717, 1.165) is 17.5 Å². The minimum Gasteiger partial charge on any atom is -0.352 e. The van der Waals surface area contributed by atoms with E-state index >= 15 is 0 Å². The maximum Gasteiger partial charge on any atom is 0.253 e. The summed E-state index contributed by atoms with van der Waals surface area (Å²) < 4.78 is 1.85. The molecule has 0 saturated heterocycles. The molecule has 1 N–H and O–H groups in total. The highest BCUT2D eigenvalue weighted by atomic mass is 16.1. The average Bonchev–Trinajstić information content (AvgIpc) is 3.08. The van der Waals surface area contributed by atoms with Gasteiger partial charge >= 0.3 is 0 Å². The smallest absolute Gasteiger partial charge is 0.253 e. The Morgan fingerprint density at radius 1 is 1.00 bits per heavy atom. The molecule has 0 aliphatic heterocycles. The SMILES string of the molecule is O=C(NCCCn1nnc2ccccc21)c1cccc2nccnc12. The van der Waals surface area contributed by atoms with Crippen molar-refractivity contribution in [1.29, 1.82) is 0 Å². The fourth-order valence-corrected chi connectivity index (χ4v) is 2.78. The van der Waals surface area contributed by atoms with Crippen molar-refractivity contribution in [3.8, 4) is 0 Å². The van der Waals surface area contributed by atoms with Gasteiger partial charge in [-0.1, -0.05) is 23.4 Å². The number of aromatic nitrogens is 5. The van der Waals surface area contributed by atoms with Crippen LogP contribution >= 0.6 is 0 Å². The number of hydrogen-bond acceptors (Lipinski definition) is 5. The third kappa shape index (κ3) is 3.03. The zero-order valence-electron chi connectivity index (χ0n) is 13.5. The normalized spacial score (nSPS) is 11.0. The van der Waals surface area contributed by atoms with E-state index in [4.69, 9.17) is 0 Å². The minimum absolute atomic E-state index is 0.144. The summed E-state index contributed by atoms with van der Waals surface area (Å²) in [6, 6.07) is 13.2. The molecule has 0 bridgehead atoms. The molecule has 0 unspecified atom stereocenters. The molecule has 0 aliphatic carbocycles. The van der Waals surface area contributed by atoms with Crippen LogP contribution in [0.25, 0.3) is 22.1 Å². The molecular weight excluding hydrogens is 316 g/mol. The summed E-state index contributed by atoms with van der Waals surface area (Å²) in [4.78, 5) is 20.9. The fourth-order valence-electron chi connectivity index (χ4n) is 2.78. The monoisotopic (exact) mass is 332 g/mol. The number of benzene rings is 2. The van der Waals surface area contributed by atoms with Crippen molar-refractivity contribution >= 4 is 28.0 Å². The largest absolute Gasteiger partial charge is 0.352 e. The Hall–Kier alpha value is -3.35. The van der Waals surface area contributed by atoms with Crippen molar-refractivity contribution in [2.45, 2.75) is 13.0 Å². The molecule has 0 fully saturated rings. The third-order valence-corrected chi connectivity index (χ3v) is 4.00. The Balaban J connectivity index is 1.39. The number of hydrogen-bond donors (Lipinski definition) is 1. The van der Waals surface area contributed by atoms with Gasteiger partial charge in [0.05, 0.1) is 16.6 Å². The van der Waals surface area contributed by atoms with Crippen LogP contribution in [0.3, 0.4) is 0 Å². The average molecular weight is 332 g/mol. The molecule has 2 aromatic carbocycles. The zero-order valence-corrected chi connectivity index (χ0v) is 13.5. The molecule has 4 rings (SSSR count). The minimum atomic E-state index is -0.144. The second-order valence-corrected chi connectivity index (χ2v) is 5.64. The first-order valence-electron chi connectivity index (χ1n) is 8.09.